The van der Waals surface area contributed by atoms with Gasteiger partial charge < -0.3 is 18.5 Å². The number of anilines is 2. The average molecular weight is 620 g/mol. The third-order valence-corrected chi connectivity index (χ3v) is 13.6. The third-order valence-electron chi connectivity index (χ3n) is 8.85. The fraction of sp³-hybridized carbons (Fsp3) is 0.452. The van der Waals surface area contributed by atoms with Gasteiger partial charge in [-0.2, -0.15) is 0 Å². The number of aromatic nitrogens is 5. The zero-order valence-corrected chi connectivity index (χ0v) is 27.2. The van der Waals surface area contributed by atoms with E-state index in [0.717, 1.165) is 17.8 Å². The molecule has 1 saturated carbocycles. The highest BCUT2D eigenvalue weighted by Crippen LogP contribution is 2.43. The predicted molar refractivity (Wildman–Crippen MR) is 170 cm³/mol. The van der Waals surface area contributed by atoms with Crippen LogP contribution in [0.25, 0.3) is 5.65 Å². The molecule has 2 fully saturated rings. The van der Waals surface area contributed by atoms with Gasteiger partial charge in [-0.25, -0.2) is 24.7 Å². The molecule has 1 aliphatic carbocycles. The van der Waals surface area contributed by atoms with E-state index in [-0.39, 0.29) is 23.1 Å². The molecule has 0 aromatic carbocycles. The van der Waals surface area contributed by atoms with E-state index in [0.29, 0.717) is 29.1 Å². The highest BCUT2D eigenvalue weighted by Gasteiger charge is 2.44. The molecule has 2 atom stereocenters. The largest absolute Gasteiger partial charge is 0.422 e. The predicted octanol–water partition coefficient (Wildman–Crippen LogP) is 7.03. The standard InChI is InChI=1S/C31H38ClN7O3Si/c1-31(2,3)43(5,6)42-23-14-25(24-18-38-16-21(20-7-8-20)9-10-26(38)36-24)39(17-23)28-15-27(34-19-35-28)37(4)30(40)41-29-13-22(32)11-12-33-29/h9-13,15-16,18-20,23,25H,7-8,14,17H2,1-6H3/t23-,25+/m0/s1. The Morgan fingerprint density at radius 1 is 1.09 bits per heavy atom. The molecule has 6 rings (SSSR count). The van der Waals surface area contributed by atoms with Crippen molar-refractivity contribution in [2.24, 2.45) is 0 Å². The maximum Gasteiger partial charge on any atom is 0.422 e. The van der Waals surface area contributed by atoms with Crippen LogP contribution in [0.5, 0.6) is 5.88 Å². The molecule has 0 unspecified atom stereocenters. The average Bonchev–Trinajstić information content (AvgIpc) is 3.59. The van der Waals surface area contributed by atoms with Crippen LogP contribution in [0.3, 0.4) is 0 Å². The number of nitrogens with zero attached hydrogens (tertiary/aromatic N) is 7. The normalized spacial score (nSPS) is 19.2. The summed E-state index contributed by atoms with van der Waals surface area (Å²) in [7, 11) is -0.430. The first kappa shape index (κ1) is 29.5. The van der Waals surface area contributed by atoms with Crippen molar-refractivity contribution in [2.45, 2.75) is 76.2 Å². The molecule has 0 spiro atoms. The number of fused-ring (bicyclic) bond motifs is 1. The number of pyridine rings is 2. The van der Waals surface area contributed by atoms with E-state index >= 15 is 0 Å². The van der Waals surface area contributed by atoms with Gasteiger partial charge in [0.2, 0.25) is 5.88 Å². The molecule has 2 aliphatic rings. The van der Waals surface area contributed by atoms with Gasteiger partial charge in [0, 0.05) is 55.8 Å². The van der Waals surface area contributed by atoms with E-state index in [1.807, 2.05) is 0 Å². The Morgan fingerprint density at radius 2 is 1.88 bits per heavy atom. The van der Waals surface area contributed by atoms with Gasteiger partial charge in [0.05, 0.1) is 17.8 Å². The minimum Gasteiger partial charge on any atom is -0.412 e. The maximum absolute atomic E-state index is 12.9. The van der Waals surface area contributed by atoms with Crippen LogP contribution in [0.1, 0.15) is 63.3 Å². The molecule has 10 nitrogen and oxygen atoms in total. The Hall–Kier alpha value is -3.54. The molecule has 12 heteroatoms. The SMILES string of the molecule is CN(C(=O)Oc1cc(Cl)ccn1)c1cc(N2C[C@@H](O[Si](C)(C)C(C)(C)C)C[C@@H]2c2cn3cc(C4CC4)ccc3n2)ncn1. The van der Waals surface area contributed by atoms with Crippen LogP contribution in [-0.4, -0.2) is 58.4 Å². The lowest BCUT2D eigenvalue weighted by Crippen LogP contribution is -2.44. The summed E-state index contributed by atoms with van der Waals surface area (Å²) in [4.78, 5) is 34.6. The summed E-state index contributed by atoms with van der Waals surface area (Å²) < 4.78 is 14.5. The fourth-order valence-corrected chi connectivity index (χ4v) is 6.73. The monoisotopic (exact) mass is 619 g/mol. The zero-order chi connectivity index (χ0) is 30.5. The number of ether oxygens (including phenoxy) is 1. The summed E-state index contributed by atoms with van der Waals surface area (Å²) in [6.45, 7) is 12.0. The minimum absolute atomic E-state index is 0.00717. The van der Waals surface area contributed by atoms with Crippen molar-refractivity contribution < 1.29 is 14.0 Å². The smallest absolute Gasteiger partial charge is 0.412 e. The molecule has 226 valence electrons. The second-order valence-corrected chi connectivity index (χ2v) is 18.2. The van der Waals surface area contributed by atoms with E-state index in [1.165, 1.54) is 41.9 Å². The molecule has 43 heavy (non-hydrogen) atoms. The molecular weight excluding hydrogens is 582 g/mol. The van der Waals surface area contributed by atoms with Crippen molar-refractivity contribution in [3.63, 3.8) is 0 Å². The summed E-state index contributed by atoms with van der Waals surface area (Å²) in [5.74, 6) is 1.86. The Kier molecular flexibility index (Phi) is 7.68. The lowest BCUT2D eigenvalue weighted by atomic mass is 10.1. The molecule has 0 bridgehead atoms. The summed E-state index contributed by atoms with van der Waals surface area (Å²) in [6.07, 6.45) is 9.96. The molecule has 1 aliphatic heterocycles. The summed E-state index contributed by atoms with van der Waals surface area (Å²) in [5.41, 5.74) is 3.25. The maximum atomic E-state index is 12.9. The van der Waals surface area contributed by atoms with Gasteiger partial charge in [-0.15, -0.1) is 0 Å². The number of halogens is 1. The topological polar surface area (TPSA) is 98.0 Å². The van der Waals surface area contributed by atoms with Gasteiger partial charge in [-0.1, -0.05) is 38.4 Å². The summed E-state index contributed by atoms with van der Waals surface area (Å²) in [5, 5.41) is 0.510. The lowest BCUT2D eigenvalue weighted by Gasteiger charge is -2.38. The third kappa shape index (κ3) is 6.25. The molecule has 1 amide bonds. The number of hydrogen-bond donors (Lipinski definition) is 0. The summed E-state index contributed by atoms with van der Waals surface area (Å²) >= 11 is 6.02. The Morgan fingerprint density at radius 3 is 2.60 bits per heavy atom. The van der Waals surface area contributed by atoms with Crippen molar-refractivity contribution >= 4 is 43.3 Å². The highest BCUT2D eigenvalue weighted by atomic mass is 35.5. The van der Waals surface area contributed by atoms with E-state index < -0.39 is 14.4 Å². The zero-order valence-electron chi connectivity index (χ0n) is 25.5. The molecule has 1 saturated heterocycles. The quantitative estimate of drug-likeness (QED) is 0.203. The molecule has 5 heterocycles. The van der Waals surface area contributed by atoms with Crippen molar-refractivity contribution in [1.29, 1.82) is 0 Å². The van der Waals surface area contributed by atoms with Gasteiger partial charge >= 0.3 is 6.09 Å². The molecule has 4 aromatic rings. The molecule has 4 aromatic heterocycles. The van der Waals surface area contributed by atoms with Crippen LogP contribution in [0, 0.1) is 0 Å². The van der Waals surface area contributed by atoms with Gasteiger partial charge in [0.1, 0.15) is 23.6 Å². The van der Waals surface area contributed by atoms with Crippen molar-refractivity contribution in [1.82, 2.24) is 24.3 Å². The van der Waals surface area contributed by atoms with E-state index in [9.17, 15) is 4.79 Å². The Bertz CT molecular complexity index is 1650. The Balaban J connectivity index is 1.29. The van der Waals surface area contributed by atoms with Crippen molar-refractivity contribution in [2.75, 3.05) is 23.4 Å². The lowest BCUT2D eigenvalue weighted by molar-refractivity contribution is 0.198. The number of carbonyl (C=O) groups excluding carboxylic acids is 1. The van der Waals surface area contributed by atoms with Crippen LogP contribution < -0.4 is 14.5 Å². The van der Waals surface area contributed by atoms with Crippen LogP contribution in [-0.2, 0) is 4.43 Å². The van der Waals surface area contributed by atoms with E-state index in [2.05, 4.69) is 82.6 Å². The fourth-order valence-electron chi connectivity index (χ4n) is 5.23. The van der Waals surface area contributed by atoms with Crippen LogP contribution in [0.15, 0.2) is 55.2 Å². The second-order valence-electron chi connectivity index (χ2n) is 13.0. The number of carbonyl (C=O) groups is 1. The molecular formula is C31H38ClN7O3Si. The molecule has 0 radical (unpaired) electrons. The first-order valence-electron chi connectivity index (χ1n) is 14.7. The molecule has 0 N–H and O–H groups in total. The second kappa shape index (κ2) is 11.2. The number of amides is 1. The van der Waals surface area contributed by atoms with Crippen molar-refractivity contribution in [3.8, 4) is 5.88 Å². The van der Waals surface area contributed by atoms with Crippen LogP contribution in [0.2, 0.25) is 23.2 Å². The number of rotatable bonds is 7. The number of imidazole rings is 1. The van der Waals surface area contributed by atoms with Crippen LogP contribution in [0.4, 0.5) is 16.4 Å². The van der Waals surface area contributed by atoms with Crippen LogP contribution >= 0.6 is 11.6 Å². The van der Waals surface area contributed by atoms with Gasteiger partial charge in [0.15, 0.2) is 8.32 Å². The van der Waals surface area contributed by atoms with Gasteiger partial charge in [0.25, 0.3) is 0 Å². The first-order chi connectivity index (χ1) is 20.4. The number of hydrogen-bond acceptors (Lipinski definition) is 8. The van der Waals surface area contributed by atoms with Gasteiger partial charge in [-0.05, 0) is 54.6 Å². The summed E-state index contributed by atoms with van der Waals surface area (Å²) in [6, 6.07) is 9.15. The van der Waals surface area contributed by atoms with Crippen molar-refractivity contribution in [3.05, 3.63) is 71.5 Å². The van der Waals surface area contributed by atoms with E-state index in [1.54, 1.807) is 19.2 Å². The minimum atomic E-state index is -2.03. The van der Waals surface area contributed by atoms with E-state index in [4.69, 9.17) is 25.7 Å². The highest BCUT2D eigenvalue weighted by molar-refractivity contribution is 6.74. The van der Waals surface area contributed by atoms with Gasteiger partial charge in [-0.3, -0.25) is 4.90 Å². The Labute approximate surface area is 258 Å². The first-order valence-corrected chi connectivity index (χ1v) is 18.0.